The second-order valence-electron chi connectivity index (χ2n) is 7.89. The number of sulfonamides is 1. The van der Waals surface area contributed by atoms with Gasteiger partial charge in [0.05, 0.1) is 10.9 Å². The van der Waals surface area contributed by atoms with Crippen LogP contribution in [-0.2, 0) is 23.0 Å². The zero-order chi connectivity index (χ0) is 23.0. The number of benzene rings is 2. The Morgan fingerprint density at radius 1 is 1.22 bits per heavy atom. The van der Waals surface area contributed by atoms with E-state index in [9.17, 15) is 8.42 Å². The second-order valence-corrected chi connectivity index (χ2v) is 9.98. The molecule has 1 aliphatic rings. The van der Waals surface area contributed by atoms with Crippen molar-refractivity contribution in [3.8, 4) is 11.8 Å². The molecule has 170 valence electrons. The Bertz CT molecular complexity index is 1270. The van der Waals surface area contributed by atoms with E-state index in [1.807, 2.05) is 25.1 Å². The summed E-state index contributed by atoms with van der Waals surface area (Å²) < 4.78 is 36.5. The first-order valence-corrected chi connectivity index (χ1v) is 12.3. The van der Waals surface area contributed by atoms with E-state index in [0.29, 0.717) is 40.3 Å². The molecule has 0 amide bonds. The van der Waals surface area contributed by atoms with Gasteiger partial charge in [-0.15, -0.1) is 5.10 Å². The highest BCUT2D eigenvalue weighted by molar-refractivity contribution is 7.89. The molecule has 8 nitrogen and oxygen atoms in total. The Hall–Kier alpha value is -2.62. The van der Waals surface area contributed by atoms with Crippen molar-refractivity contribution in [3.63, 3.8) is 0 Å². The van der Waals surface area contributed by atoms with Gasteiger partial charge in [0.2, 0.25) is 10.0 Å². The number of fused-ring (bicyclic) bond motifs is 1. The van der Waals surface area contributed by atoms with Crippen molar-refractivity contribution in [3.05, 3.63) is 57.9 Å². The molecule has 0 spiro atoms. The summed E-state index contributed by atoms with van der Waals surface area (Å²) in [5, 5.41) is 12.2. The normalized spacial score (nSPS) is 14.2. The fourth-order valence-corrected chi connectivity index (χ4v) is 5.56. The SMILES string of the molecule is CCn1c(Oc2ccc3c(c2)NCC3)nnc1[C@@H](C)NS(=O)(=O)c1cc(C)c(Cl)cc1C. The molecule has 1 atom stereocenters. The molecule has 2 N–H and O–H groups in total. The van der Waals surface area contributed by atoms with Crippen LogP contribution in [0, 0.1) is 13.8 Å². The molecule has 0 radical (unpaired) electrons. The lowest BCUT2D eigenvalue weighted by Gasteiger charge is -2.17. The van der Waals surface area contributed by atoms with Crippen LogP contribution in [0.15, 0.2) is 35.2 Å². The predicted molar refractivity (Wildman–Crippen MR) is 124 cm³/mol. The van der Waals surface area contributed by atoms with Gasteiger partial charge in [0.15, 0.2) is 5.82 Å². The predicted octanol–water partition coefficient (Wildman–Crippen LogP) is 4.37. The van der Waals surface area contributed by atoms with Gasteiger partial charge in [-0.25, -0.2) is 13.1 Å². The maximum absolute atomic E-state index is 13.1. The number of hydrogen-bond donors (Lipinski definition) is 2. The van der Waals surface area contributed by atoms with Crippen molar-refractivity contribution < 1.29 is 13.2 Å². The number of hydrogen-bond acceptors (Lipinski definition) is 6. The van der Waals surface area contributed by atoms with E-state index >= 15 is 0 Å². The molecule has 0 bridgehead atoms. The summed E-state index contributed by atoms with van der Waals surface area (Å²) in [6.45, 7) is 8.59. The van der Waals surface area contributed by atoms with E-state index < -0.39 is 16.1 Å². The zero-order valence-corrected chi connectivity index (χ0v) is 20.0. The van der Waals surface area contributed by atoms with E-state index in [4.69, 9.17) is 16.3 Å². The average Bonchev–Trinajstić information content (AvgIpc) is 3.36. The molecule has 4 rings (SSSR count). The summed E-state index contributed by atoms with van der Waals surface area (Å²) in [4.78, 5) is 0.191. The zero-order valence-electron chi connectivity index (χ0n) is 18.4. The monoisotopic (exact) mass is 475 g/mol. The van der Waals surface area contributed by atoms with Gasteiger partial charge in [-0.3, -0.25) is 4.57 Å². The van der Waals surface area contributed by atoms with Crippen molar-refractivity contribution in [2.45, 2.75) is 51.6 Å². The van der Waals surface area contributed by atoms with Crippen molar-refractivity contribution in [2.75, 3.05) is 11.9 Å². The lowest BCUT2D eigenvalue weighted by atomic mass is 10.2. The van der Waals surface area contributed by atoms with Gasteiger partial charge < -0.3 is 10.1 Å². The van der Waals surface area contributed by atoms with Crippen molar-refractivity contribution in [2.24, 2.45) is 0 Å². The van der Waals surface area contributed by atoms with E-state index in [0.717, 1.165) is 18.7 Å². The van der Waals surface area contributed by atoms with E-state index in [2.05, 4.69) is 20.2 Å². The first-order chi connectivity index (χ1) is 15.2. The van der Waals surface area contributed by atoms with Crippen LogP contribution < -0.4 is 14.8 Å². The quantitative estimate of drug-likeness (QED) is 0.526. The molecule has 0 aliphatic carbocycles. The van der Waals surface area contributed by atoms with E-state index in [1.54, 1.807) is 37.5 Å². The number of anilines is 1. The molecular formula is C22H26ClN5O3S. The Morgan fingerprint density at radius 2 is 2.00 bits per heavy atom. The Kier molecular flexibility index (Phi) is 6.15. The minimum Gasteiger partial charge on any atom is -0.424 e. The summed E-state index contributed by atoms with van der Waals surface area (Å²) in [6.07, 6.45) is 0.995. The number of ether oxygens (including phenoxy) is 1. The number of nitrogens with zero attached hydrogens (tertiary/aromatic N) is 3. The third-order valence-electron chi connectivity index (χ3n) is 5.53. The van der Waals surface area contributed by atoms with Gasteiger partial charge in [0.1, 0.15) is 5.75 Å². The first kappa shape index (κ1) is 22.6. The number of aryl methyl sites for hydroxylation is 2. The van der Waals surface area contributed by atoms with Crippen LogP contribution in [0.1, 0.15) is 42.4 Å². The Balaban J connectivity index is 1.57. The van der Waals surface area contributed by atoms with Gasteiger partial charge >= 0.3 is 6.01 Å². The van der Waals surface area contributed by atoms with E-state index in [1.165, 1.54) is 5.56 Å². The van der Waals surface area contributed by atoms with Gasteiger partial charge in [-0.05, 0) is 69.0 Å². The molecule has 3 aromatic rings. The molecule has 1 aliphatic heterocycles. The third kappa shape index (κ3) is 4.32. The third-order valence-corrected chi connectivity index (χ3v) is 7.62. The van der Waals surface area contributed by atoms with Crippen molar-refractivity contribution >= 4 is 27.3 Å². The average molecular weight is 476 g/mol. The number of nitrogens with one attached hydrogen (secondary N) is 2. The summed E-state index contributed by atoms with van der Waals surface area (Å²) in [7, 11) is -3.80. The molecule has 2 heterocycles. The summed E-state index contributed by atoms with van der Waals surface area (Å²) in [5.41, 5.74) is 3.58. The first-order valence-electron chi connectivity index (χ1n) is 10.5. The standard InChI is InChI=1S/C22H26ClN5O3S/c1-5-28-21(15(4)27-32(29,30)20-11-13(2)18(23)10-14(20)3)25-26-22(28)31-17-7-6-16-8-9-24-19(16)12-17/h6-7,10-12,15,24,27H,5,8-9H2,1-4H3/t15-/m1/s1. The van der Waals surface area contributed by atoms with Crippen LogP contribution in [0.2, 0.25) is 5.02 Å². The molecule has 1 aromatic heterocycles. The fourth-order valence-electron chi connectivity index (χ4n) is 3.82. The summed E-state index contributed by atoms with van der Waals surface area (Å²) >= 11 is 6.12. The maximum Gasteiger partial charge on any atom is 0.322 e. The Morgan fingerprint density at radius 3 is 2.75 bits per heavy atom. The van der Waals surface area contributed by atoms with Crippen LogP contribution in [0.3, 0.4) is 0 Å². The minimum absolute atomic E-state index is 0.191. The van der Waals surface area contributed by atoms with Gasteiger partial charge in [-0.1, -0.05) is 22.8 Å². The highest BCUT2D eigenvalue weighted by Crippen LogP contribution is 2.30. The lowest BCUT2D eigenvalue weighted by Crippen LogP contribution is -2.29. The van der Waals surface area contributed by atoms with Crippen LogP contribution in [-0.4, -0.2) is 29.7 Å². The van der Waals surface area contributed by atoms with Crippen LogP contribution in [0.25, 0.3) is 0 Å². The summed E-state index contributed by atoms with van der Waals surface area (Å²) in [5.74, 6) is 1.11. The van der Waals surface area contributed by atoms with Crippen molar-refractivity contribution in [1.29, 1.82) is 0 Å². The minimum atomic E-state index is -3.80. The molecule has 2 aromatic carbocycles. The summed E-state index contributed by atoms with van der Waals surface area (Å²) in [6, 6.07) is 8.79. The molecule has 0 unspecified atom stereocenters. The molecule has 10 heteroatoms. The smallest absolute Gasteiger partial charge is 0.322 e. The molecule has 0 saturated carbocycles. The Labute approximate surface area is 193 Å². The molecule has 0 fully saturated rings. The lowest BCUT2D eigenvalue weighted by molar-refractivity contribution is 0.408. The largest absolute Gasteiger partial charge is 0.424 e. The van der Waals surface area contributed by atoms with Crippen LogP contribution in [0.5, 0.6) is 11.8 Å². The highest BCUT2D eigenvalue weighted by Gasteiger charge is 2.26. The molecule has 0 saturated heterocycles. The second kappa shape index (κ2) is 8.73. The van der Waals surface area contributed by atoms with Crippen LogP contribution in [0.4, 0.5) is 5.69 Å². The van der Waals surface area contributed by atoms with E-state index in [-0.39, 0.29) is 4.90 Å². The highest BCUT2D eigenvalue weighted by atomic mass is 35.5. The number of rotatable bonds is 7. The number of halogens is 1. The van der Waals surface area contributed by atoms with Gasteiger partial charge in [-0.2, -0.15) is 0 Å². The van der Waals surface area contributed by atoms with Crippen LogP contribution >= 0.6 is 11.6 Å². The molecular weight excluding hydrogens is 450 g/mol. The van der Waals surface area contributed by atoms with Gasteiger partial charge in [0, 0.05) is 29.9 Å². The number of aromatic nitrogens is 3. The van der Waals surface area contributed by atoms with Crippen molar-refractivity contribution in [1.82, 2.24) is 19.5 Å². The van der Waals surface area contributed by atoms with Gasteiger partial charge in [0.25, 0.3) is 0 Å². The maximum atomic E-state index is 13.1. The molecule has 32 heavy (non-hydrogen) atoms. The topological polar surface area (TPSA) is 98.1 Å². The fraction of sp³-hybridized carbons (Fsp3) is 0.364.